The molecule has 0 aromatic heterocycles. The highest BCUT2D eigenvalue weighted by atomic mass is 35.5. The molecule has 2 aromatic carbocycles. The molecule has 1 saturated heterocycles. The third-order valence-corrected chi connectivity index (χ3v) is 6.08. The fourth-order valence-electron chi connectivity index (χ4n) is 2.42. The number of benzene rings is 2. The first-order valence-corrected chi connectivity index (χ1v) is 9.20. The van der Waals surface area contributed by atoms with Gasteiger partial charge in [0, 0.05) is 23.8 Å². The number of hydrogen-bond donors (Lipinski definition) is 1. The summed E-state index contributed by atoms with van der Waals surface area (Å²) < 4.78 is 20.7. The maximum absolute atomic E-state index is 13.2. The zero-order chi connectivity index (χ0) is 15.4. The molecule has 1 aliphatic rings. The van der Waals surface area contributed by atoms with Crippen molar-refractivity contribution >= 4 is 25.0 Å². The quantitative estimate of drug-likeness (QED) is 0.816. The molecule has 3 rings (SSSR count). The monoisotopic (exact) mass is 336 g/mol. The van der Waals surface area contributed by atoms with Gasteiger partial charge < -0.3 is 9.61 Å². The Hall–Kier alpha value is -1.32. The summed E-state index contributed by atoms with van der Waals surface area (Å²) in [5, 5.41) is 3.74. The van der Waals surface area contributed by atoms with Crippen LogP contribution < -0.4 is 5.09 Å². The lowest BCUT2D eigenvalue weighted by Crippen LogP contribution is -2.31. The van der Waals surface area contributed by atoms with Gasteiger partial charge in [0.1, 0.15) is 0 Å². The van der Waals surface area contributed by atoms with Crippen LogP contribution in [0.5, 0.6) is 0 Å². The van der Waals surface area contributed by atoms with E-state index in [-0.39, 0.29) is 0 Å². The zero-order valence-corrected chi connectivity index (χ0v) is 13.8. The van der Waals surface area contributed by atoms with Gasteiger partial charge in [-0.15, -0.1) is 0 Å². The largest absolute Gasteiger partial charge is 0.368 e. The van der Waals surface area contributed by atoms with Crippen LogP contribution in [0.4, 0.5) is 5.69 Å². The zero-order valence-electron chi connectivity index (χ0n) is 12.1. The van der Waals surface area contributed by atoms with Gasteiger partial charge in [-0.1, -0.05) is 48.0 Å². The Balaban J connectivity index is 1.81. The maximum Gasteiger partial charge on any atom is 0.368 e. The molecule has 6 heteroatoms. The Bertz CT molecular complexity index is 681. The molecule has 0 amide bonds. The van der Waals surface area contributed by atoms with Crippen molar-refractivity contribution < 1.29 is 9.09 Å². The van der Waals surface area contributed by atoms with E-state index in [9.17, 15) is 4.57 Å². The van der Waals surface area contributed by atoms with Crippen molar-refractivity contribution in [3.63, 3.8) is 0 Å². The minimum Gasteiger partial charge on any atom is -0.303 e. The summed E-state index contributed by atoms with van der Waals surface area (Å²) in [6, 6.07) is 17.1. The Morgan fingerprint density at radius 3 is 2.64 bits per heavy atom. The number of halogens is 1. The van der Waals surface area contributed by atoms with Crippen molar-refractivity contribution in [3.05, 3.63) is 65.2 Å². The van der Waals surface area contributed by atoms with Gasteiger partial charge in [-0.25, -0.2) is 9.24 Å². The van der Waals surface area contributed by atoms with Crippen LogP contribution in [0.3, 0.4) is 0 Å². The summed E-state index contributed by atoms with van der Waals surface area (Å²) in [7, 11) is -3.11. The third kappa shape index (κ3) is 3.53. The normalized spacial score (nSPS) is 22.4. The minimum absolute atomic E-state index is 0.496. The lowest BCUT2D eigenvalue weighted by atomic mass is 10.2. The molecule has 0 radical (unpaired) electrons. The summed E-state index contributed by atoms with van der Waals surface area (Å²) in [4.78, 5) is 0. The van der Waals surface area contributed by atoms with E-state index >= 15 is 0 Å². The smallest absolute Gasteiger partial charge is 0.303 e. The highest BCUT2D eigenvalue weighted by Gasteiger charge is 2.35. The SMILES string of the molecule is O=P1(Nc2ccccc2)OCCCN1Cc1ccccc1Cl. The van der Waals surface area contributed by atoms with Gasteiger partial charge in [0.25, 0.3) is 0 Å². The van der Waals surface area contributed by atoms with Gasteiger partial charge in [0.05, 0.1) is 6.61 Å². The highest BCUT2D eigenvalue weighted by Crippen LogP contribution is 2.53. The molecule has 1 fully saturated rings. The summed E-state index contributed by atoms with van der Waals surface area (Å²) in [5.41, 5.74) is 1.74. The lowest BCUT2D eigenvalue weighted by Gasteiger charge is -2.35. The number of rotatable bonds is 4. The molecule has 1 atom stereocenters. The molecule has 1 heterocycles. The second-order valence-electron chi connectivity index (χ2n) is 5.16. The van der Waals surface area contributed by atoms with E-state index in [0.717, 1.165) is 17.7 Å². The molecule has 0 bridgehead atoms. The van der Waals surface area contributed by atoms with E-state index in [1.165, 1.54) is 0 Å². The number of para-hydroxylation sites is 1. The Kier molecular flexibility index (Phi) is 4.84. The Morgan fingerprint density at radius 1 is 1.14 bits per heavy atom. The molecule has 1 aliphatic heterocycles. The summed E-state index contributed by atoms with van der Waals surface area (Å²) in [5.74, 6) is 0. The van der Waals surface area contributed by atoms with Gasteiger partial charge >= 0.3 is 7.67 Å². The Labute approximate surface area is 135 Å². The Morgan fingerprint density at radius 2 is 1.86 bits per heavy atom. The molecular weight excluding hydrogens is 319 g/mol. The molecule has 0 spiro atoms. The second kappa shape index (κ2) is 6.84. The van der Waals surface area contributed by atoms with E-state index in [0.29, 0.717) is 24.7 Å². The maximum atomic E-state index is 13.2. The van der Waals surface area contributed by atoms with E-state index in [2.05, 4.69) is 5.09 Å². The summed E-state index contributed by atoms with van der Waals surface area (Å²) in [6.45, 7) is 1.70. The van der Waals surface area contributed by atoms with Crippen molar-refractivity contribution in [2.45, 2.75) is 13.0 Å². The van der Waals surface area contributed by atoms with E-state index in [1.807, 2.05) is 59.3 Å². The molecule has 0 aliphatic carbocycles. The van der Waals surface area contributed by atoms with Crippen molar-refractivity contribution in [1.29, 1.82) is 0 Å². The summed E-state index contributed by atoms with van der Waals surface area (Å²) in [6.07, 6.45) is 0.852. The molecule has 1 N–H and O–H groups in total. The van der Waals surface area contributed by atoms with Crippen LogP contribution in [0.25, 0.3) is 0 Å². The average molecular weight is 337 g/mol. The molecule has 4 nitrogen and oxygen atoms in total. The van der Waals surface area contributed by atoms with Crippen LogP contribution in [0, 0.1) is 0 Å². The van der Waals surface area contributed by atoms with Crippen LogP contribution in [-0.2, 0) is 15.6 Å². The van der Waals surface area contributed by atoms with Crippen molar-refractivity contribution in [2.75, 3.05) is 18.2 Å². The lowest BCUT2D eigenvalue weighted by molar-refractivity contribution is 0.206. The van der Waals surface area contributed by atoms with Crippen LogP contribution in [0.15, 0.2) is 54.6 Å². The predicted molar refractivity (Wildman–Crippen MR) is 90.1 cm³/mol. The van der Waals surface area contributed by atoms with Crippen LogP contribution in [-0.4, -0.2) is 17.8 Å². The third-order valence-electron chi connectivity index (χ3n) is 3.55. The molecular formula is C16H18ClN2O2P. The van der Waals surface area contributed by atoms with Crippen LogP contribution in [0.1, 0.15) is 12.0 Å². The van der Waals surface area contributed by atoms with Gasteiger partial charge in [-0.05, 0) is 30.2 Å². The summed E-state index contributed by atoms with van der Waals surface area (Å²) >= 11 is 6.22. The molecule has 1 unspecified atom stereocenters. The van der Waals surface area contributed by atoms with Crippen molar-refractivity contribution in [2.24, 2.45) is 0 Å². The second-order valence-corrected chi connectivity index (χ2v) is 7.66. The number of nitrogens with zero attached hydrogens (tertiary/aromatic N) is 1. The van der Waals surface area contributed by atoms with Crippen LogP contribution in [0.2, 0.25) is 5.02 Å². The molecule has 0 saturated carbocycles. The van der Waals surface area contributed by atoms with Crippen LogP contribution >= 0.6 is 19.3 Å². The van der Waals surface area contributed by atoms with Gasteiger partial charge in [0.2, 0.25) is 0 Å². The number of hydrogen-bond acceptors (Lipinski definition) is 2. The molecule has 2 aromatic rings. The van der Waals surface area contributed by atoms with Gasteiger partial charge in [0.15, 0.2) is 0 Å². The fourth-order valence-corrected chi connectivity index (χ4v) is 4.58. The number of nitrogens with one attached hydrogen (secondary N) is 1. The molecule has 116 valence electrons. The average Bonchev–Trinajstić information content (AvgIpc) is 2.52. The van der Waals surface area contributed by atoms with E-state index in [4.69, 9.17) is 16.1 Å². The van der Waals surface area contributed by atoms with E-state index in [1.54, 1.807) is 0 Å². The number of anilines is 1. The van der Waals surface area contributed by atoms with Crippen molar-refractivity contribution in [1.82, 2.24) is 4.67 Å². The van der Waals surface area contributed by atoms with Gasteiger partial charge in [-0.3, -0.25) is 0 Å². The first kappa shape index (κ1) is 15.6. The topological polar surface area (TPSA) is 41.6 Å². The first-order valence-electron chi connectivity index (χ1n) is 7.24. The molecule has 22 heavy (non-hydrogen) atoms. The minimum atomic E-state index is -3.11. The van der Waals surface area contributed by atoms with Gasteiger partial charge in [-0.2, -0.15) is 0 Å². The van der Waals surface area contributed by atoms with Crippen molar-refractivity contribution in [3.8, 4) is 0 Å². The highest BCUT2D eigenvalue weighted by molar-refractivity contribution is 7.58. The fraction of sp³-hybridized carbons (Fsp3) is 0.250. The predicted octanol–water partition coefficient (Wildman–Crippen LogP) is 4.78. The van der Waals surface area contributed by atoms with E-state index < -0.39 is 7.67 Å². The first-order chi connectivity index (χ1) is 10.7. The standard InChI is InChI=1S/C16H18ClN2O2P/c17-16-10-5-4-7-14(16)13-19-11-6-12-21-22(19,20)18-15-8-2-1-3-9-15/h1-5,7-10H,6,11-13H2,(H,18,20).